The van der Waals surface area contributed by atoms with Crippen LogP contribution in [0.5, 0.6) is 0 Å². The highest BCUT2D eigenvalue weighted by Crippen LogP contribution is 2.44. The molecule has 21 heteroatoms. The highest BCUT2D eigenvalue weighted by Gasteiger charge is 2.42. The third kappa shape index (κ3) is 11.8. The number of benzene rings is 5. The second-order valence-electron chi connectivity index (χ2n) is 18.8. The fraction of sp³-hybridized carbons (Fsp3) is 0.333. The predicted octanol–water partition coefficient (Wildman–Crippen LogP) is 7.69. The van der Waals surface area contributed by atoms with Crippen molar-refractivity contribution in [1.82, 2.24) is 19.8 Å². The van der Waals surface area contributed by atoms with Gasteiger partial charge in [-0.3, -0.25) is 18.8 Å². The number of nitrogens with zero attached hydrogens (tertiary/aromatic N) is 4. The summed E-state index contributed by atoms with van der Waals surface area (Å²) in [6, 6.07) is 29.4. The van der Waals surface area contributed by atoms with E-state index in [-0.39, 0.29) is 67.0 Å². The van der Waals surface area contributed by atoms with E-state index in [1.54, 1.807) is 45.0 Å². The number of rotatable bonds is 13. The van der Waals surface area contributed by atoms with Crippen LogP contribution in [0.4, 0.5) is 26.7 Å². The third-order valence-corrected chi connectivity index (χ3v) is 16.2. The van der Waals surface area contributed by atoms with Crippen LogP contribution in [0.1, 0.15) is 60.2 Å². The molecule has 0 aromatic heterocycles. The largest absolute Gasteiger partial charge is 0.449 e. The molecule has 3 aliphatic rings. The first kappa shape index (κ1) is 52.0. The number of halogens is 2. The number of anilines is 3. The summed E-state index contributed by atoms with van der Waals surface area (Å²) in [7, 11) is -6.46. The van der Waals surface area contributed by atoms with Crippen molar-refractivity contribution < 1.29 is 45.5 Å². The smallest absolute Gasteiger partial charge is 0.411 e. The minimum atomic E-state index is -3.91. The lowest BCUT2D eigenvalue weighted by molar-refractivity contribution is -0.125. The molecule has 5 aromatic carbocycles. The number of amides is 4. The van der Waals surface area contributed by atoms with Crippen molar-refractivity contribution in [2.24, 2.45) is 0 Å². The summed E-state index contributed by atoms with van der Waals surface area (Å²) in [6.07, 6.45) is -0.430. The van der Waals surface area contributed by atoms with Crippen LogP contribution in [0.15, 0.2) is 114 Å². The highest BCUT2D eigenvalue weighted by molar-refractivity contribution is 7.92. The Bertz CT molecular complexity index is 3060. The van der Waals surface area contributed by atoms with E-state index in [9.17, 15) is 36.0 Å². The van der Waals surface area contributed by atoms with E-state index < -0.39 is 61.7 Å². The molecule has 2 atom stereocenters. The lowest BCUT2D eigenvalue weighted by atomic mass is 9.98. The summed E-state index contributed by atoms with van der Waals surface area (Å²) < 4.78 is 66.5. The van der Waals surface area contributed by atoms with E-state index in [0.717, 1.165) is 38.5 Å². The Kier molecular flexibility index (Phi) is 15.1. The van der Waals surface area contributed by atoms with Crippen LogP contribution in [0, 0.1) is 0 Å². The van der Waals surface area contributed by atoms with Crippen molar-refractivity contribution in [3.8, 4) is 11.1 Å². The van der Waals surface area contributed by atoms with E-state index in [1.165, 1.54) is 52.7 Å². The molecule has 2 saturated heterocycles. The maximum atomic E-state index is 14.0. The van der Waals surface area contributed by atoms with Gasteiger partial charge in [-0.2, -0.15) is 4.31 Å². The Morgan fingerprint density at radius 1 is 0.792 bits per heavy atom. The summed E-state index contributed by atoms with van der Waals surface area (Å²) in [5.74, 6) is -1.45. The van der Waals surface area contributed by atoms with Gasteiger partial charge in [0.15, 0.2) is 0 Å². The molecule has 2 aliphatic heterocycles. The second-order valence-corrected chi connectivity index (χ2v) is 23.7. The van der Waals surface area contributed by atoms with E-state index in [4.69, 9.17) is 32.7 Å². The number of nitrogens with one attached hydrogen (secondary N) is 3. The molecule has 8 rings (SSSR count). The number of sulfonamides is 2. The lowest BCUT2D eigenvalue weighted by Crippen LogP contribution is -2.48. The summed E-state index contributed by atoms with van der Waals surface area (Å²) >= 11 is 12.4. The Morgan fingerprint density at radius 2 is 1.40 bits per heavy atom. The number of ether oxygens (including phenoxy) is 2. The first-order valence-electron chi connectivity index (χ1n) is 23.1. The van der Waals surface area contributed by atoms with E-state index >= 15 is 0 Å². The number of hydrogen-bond donors (Lipinski definition) is 3. The lowest BCUT2D eigenvalue weighted by Gasteiger charge is -2.35. The molecule has 380 valence electrons. The van der Waals surface area contributed by atoms with E-state index in [1.807, 2.05) is 53.4 Å². The molecule has 0 radical (unpaired) electrons. The van der Waals surface area contributed by atoms with Crippen LogP contribution in [0.3, 0.4) is 0 Å². The molecule has 4 amide bonds. The van der Waals surface area contributed by atoms with Crippen molar-refractivity contribution in [3.05, 3.63) is 141 Å². The third-order valence-electron chi connectivity index (χ3n) is 12.7. The highest BCUT2D eigenvalue weighted by atomic mass is 35.5. The molecule has 0 unspecified atom stereocenters. The fourth-order valence-corrected chi connectivity index (χ4v) is 11.6. The van der Waals surface area contributed by atoms with Gasteiger partial charge in [0.05, 0.1) is 28.4 Å². The predicted molar refractivity (Wildman–Crippen MR) is 277 cm³/mol. The van der Waals surface area contributed by atoms with Crippen LogP contribution >= 0.6 is 23.2 Å². The van der Waals surface area contributed by atoms with Gasteiger partial charge in [-0.15, -0.1) is 0 Å². The molecule has 3 N–H and O–H groups in total. The van der Waals surface area contributed by atoms with Gasteiger partial charge in [-0.05, 0) is 110 Å². The summed E-state index contributed by atoms with van der Waals surface area (Å²) in [5, 5.41) is 9.35. The second kappa shape index (κ2) is 21.0. The first-order valence-corrected chi connectivity index (χ1v) is 27.2. The van der Waals surface area contributed by atoms with Crippen LogP contribution in [0.2, 0.25) is 10.0 Å². The quantitative estimate of drug-likeness (QED) is 0.104. The summed E-state index contributed by atoms with van der Waals surface area (Å²) in [6.45, 7) is 6.23. The molecule has 0 spiro atoms. The van der Waals surface area contributed by atoms with Crippen molar-refractivity contribution in [1.29, 1.82) is 0 Å². The Morgan fingerprint density at radius 3 is 2.00 bits per heavy atom. The van der Waals surface area contributed by atoms with Crippen molar-refractivity contribution >= 4 is 84.3 Å². The van der Waals surface area contributed by atoms with Crippen LogP contribution in [0.25, 0.3) is 11.1 Å². The number of hydrogen-bond acceptors (Lipinski definition) is 11. The van der Waals surface area contributed by atoms with E-state index in [0.29, 0.717) is 28.7 Å². The zero-order valence-corrected chi connectivity index (χ0v) is 43.4. The number of likely N-dealkylation sites (tertiary alicyclic amines) is 1. The van der Waals surface area contributed by atoms with Crippen LogP contribution in [-0.2, 0) is 40.9 Å². The summed E-state index contributed by atoms with van der Waals surface area (Å²) in [4.78, 5) is 58.1. The molecule has 72 heavy (non-hydrogen) atoms. The van der Waals surface area contributed by atoms with Crippen molar-refractivity contribution in [2.75, 3.05) is 67.2 Å². The first-order chi connectivity index (χ1) is 34.0. The average molecular weight is 1060 g/mol. The van der Waals surface area contributed by atoms with Gasteiger partial charge in [0, 0.05) is 73.7 Å². The van der Waals surface area contributed by atoms with Gasteiger partial charge in [0.25, 0.3) is 5.91 Å². The zero-order valence-electron chi connectivity index (χ0n) is 40.2. The standard InChI is InChI=1S/C51H55Cl2N7O10S2/c1-51(2,3)70-50(64)60-30-36(56-49(63)69-31-44-41-12-8-6-10-39(41)40-11-7-9-13-42(40)44)28-46(60)48(62)54-29-32-14-19-45(57(4)71(5,65)66)43(24-32)47(61)55-35-15-17-38(18-16-35)72(67,68)59-22-20-58(21-23-59)37-26-33(52)25-34(53)27-37/h6-19,24-27,36,44,46H,20-23,28-31H2,1-5H3,(H,54,62)(H,55,61)(H,56,63)/t36-,46-/m0/s1. The minimum Gasteiger partial charge on any atom is -0.449 e. The fourth-order valence-electron chi connectivity index (χ4n) is 9.12. The molecule has 2 heterocycles. The average Bonchev–Trinajstić information content (AvgIpc) is 3.90. The van der Waals surface area contributed by atoms with Gasteiger partial charge < -0.3 is 30.3 Å². The SMILES string of the molecule is CN(c1ccc(CNC(=O)[C@@H]2C[C@H](NC(=O)OCC3c4ccccc4-c4ccccc43)CN2C(=O)OC(C)(C)C)cc1C(=O)Nc1ccc(S(=O)(=O)N2CCN(c3cc(Cl)cc(Cl)c3)CC2)cc1)S(C)(=O)=O. The molecule has 0 bridgehead atoms. The monoisotopic (exact) mass is 1060 g/mol. The van der Waals surface area contributed by atoms with E-state index in [2.05, 4.69) is 16.0 Å². The van der Waals surface area contributed by atoms with Gasteiger partial charge >= 0.3 is 12.2 Å². The molecule has 2 fully saturated rings. The van der Waals surface area contributed by atoms with Crippen molar-refractivity contribution in [2.45, 2.75) is 62.2 Å². The van der Waals surface area contributed by atoms with Gasteiger partial charge in [-0.1, -0.05) is 77.8 Å². The Balaban J connectivity index is 0.922. The number of alkyl carbamates (subject to hydrolysis) is 1. The van der Waals surface area contributed by atoms with Gasteiger partial charge in [0.2, 0.25) is 26.0 Å². The van der Waals surface area contributed by atoms with Gasteiger partial charge in [-0.25, -0.2) is 26.4 Å². The van der Waals surface area contributed by atoms with Gasteiger partial charge in [0.1, 0.15) is 18.2 Å². The maximum Gasteiger partial charge on any atom is 0.411 e. The topological polar surface area (TPSA) is 204 Å². The minimum absolute atomic E-state index is 0.0156. The Labute approximate surface area is 429 Å². The normalized spacial score (nSPS) is 17.2. The molecule has 1 aliphatic carbocycles. The maximum absolute atomic E-state index is 14.0. The summed E-state index contributed by atoms with van der Waals surface area (Å²) in [5.41, 5.74) is 4.79. The molecular weight excluding hydrogens is 1010 g/mol. The Hall–Kier alpha value is -6.38. The molecule has 0 saturated carbocycles. The molecular formula is C51H55Cl2N7O10S2. The van der Waals surface area contributed by atoms with Crippen LogP contribution in [-0.4, -0.2) is 120 Å². The number of piperazine rings is 1. The molecule has 5 aromatic rings. The number of fused-ring (bicyclic) bond motifs is 3. The van der Waals surface area contributed by atoms with Crippen molar-refractivity contribution in [3.63, 3.8) is 0 Å². The number of carbonyl (C=O) groups excluding carboxylic acids is 4. The zero-order chi connectivity index (χ0) is 51.7. The number of carbonyl (C=O) groups is 4. The molecule has 17 nitrogen and oxygen atoms in total. The van der Waals surface area contributed by atoms with Crippen LogP contribution < -0.4 is 25.2 Å².